The average Bonchev–Trinajstić information content (AvgIpc) is 2.91. The topological polar surface area (TPSA) is 76.1 Å². The van der Waals surface area contributed by atoms with Crippen molar-refractivity contribution in [3.05, 3.63) is 47.9 Å². The number of hydrogen-bond donors (Lipinski definition) is 2. The predicted molar refractivity (Wildman–Crippen MR) is 73.7 cm³/mol. The molecule has 1 aromatic heterocycles. The summed E-state index contributed by atoms with van der Waals surface area (Å²) in [5.74, 6) is 1.18. The quantitative estimate of drug-likeness (QED) is 0.881. The second kappa shape index (κ2) is 5.16. The molecule has 2 aromatic rings. The Morgan fingerprint density at radius 2 is 2.15 bits per heavy atom. The third-order valence-electron chi connectivity index (χ3n) is 3.15. The Kier molecular flexibility index (Phi) is 3.20. The van der Waals surface area contributed by atoms with Crippen LogP contribution in [0.3, 0.4) is 0 Å². The first-order valence-electron chi connectivity index (χ1n) is 6.30. The van der Waals surface area contributed by atoms with Crippen LogP contribution in [0, 0.1) is 0 Å². The van der Waals surface area contributed by atoms with E-state index < -0.39 is 0 Å². The molecular formula is C14H14N4O2. The molecule has 1 aliphatic rings. The van der Waals surface area contributed by atoms with Crippen molar-refractivity contribution < 1.29 is 9.53 Å². The minimum atomic E-state index is -0.259. The number of amides is 1. The highest BCUT2D eigenvalue weighted by atomic mass is 16.5. The minimum Gasteiger partial charge on any atom is -0.491 e. The van der Waals surface area contributed by atoms with Gasteiger partial charge in [0.05, 0.1) is 18.4 Å². The fourth-order valence-electron chi connectivity index (χ4n) is 2.09. The number of para-hydroxylation sites is 1. The molecule has 3 rings (SSSR count). The van der Waals surface area contributed by atoms with Crippen LogP contribution in [-0.4, -0.2) is 29.5 Å². The number of anilines is 1. The van der Waals surface area contributed by atoms with Gasteiger partial charge >= 0.3 is 0 Å². The highest BCUT2D eigenvalue weighted by Gasteiger charge is 2.25. The van der Waals surface area contributed by atoms with Gasteiger partial charge in [-0.25, -0.2) is 9.97 Å². The summed E-state index contributed by atoms with van der Waals surface area (Å²) in [6.07, 6.45) is 2.97. The van der Waals surface area contributed by atoms with Crippen LogP contribution in [0.1, 0.15) is 22.1 Å². The number of carbonyl (C=O) groups excluding carboxylic acids is 1. The summed E-state index contributed by atoms with van der Waals surface area (Å²) >= 11 is 0. The minimum absolute atomic E-state index is 0.149. The third-order valence-corrected chi connectivity index (χ3v) is 3.15. The van der Waals surface area contributed by atoms with E-state index in [1.54, 1.807) is 7.05 Å². The molecule has 6 nitrogen and oxygen atoms in total. The van der Waals surface area contributed by atoms with E-state index in [9.17, 15) is 4.79 Å². The molecule has 0 bridgehead atoms. The maximum absolute atomic E-state index is 12.1. The second-order valence-corrected chi connectivity index (χ2v) is 4.41. The molecule has 0 fully saturated rings. The van der Waals surface area contributed by atoms with Gasteiger partial charge in [0.15, 0.2) is 0 Å². The van der Waals surface area contributed by atoms with Crippen molar-refractivity contribution in [3.63, 3.8) is 0 Å². The van der Waals surface area contributed by atoms with Gasteiger partial charge in [-0.1, -0.05) is 18.2 Å². The summed E-state index contributed by atoms with van der Waals surface area (Å²) < 4.78 is 5.52. The molecule has 2 heterocycles. The number of nitrogens with one attached hydrogen (secondary N) is 2. The SMILES string of the molecule is CNc1cnc(C(=O)NC2COc3ccccc32)cn1. The largest absolute Gasteiger partial charge is 0.491 e. The molecule has 2 N–H and O–H groups in total. The van der Waals surface area contributed by atoms with E-state index in [2.05, 4.69) is 20.6 Å². The Hall–Kier alpha value is -2.63. The zero-order valence-electron chi connectivity index (χ0n) is 11.0. The average molecular weight is 270 g/mol. The first-order valence-corrected chi connectivity index (χ1v) is 6.30. The highest BCUT2D eigenvalue weighted by molar-refractivity contribution is 5.92. The number of aromatic nitrogens is 2. The van der Waals surface area contributed by atoms with Gasteiger partial charge in [-0.05, 0) is 6.07 Å². The lowest BCUT2D eigenvalue weighted by Crippen LogP contribution is -2.30. The van der Waals surface area contributed by atoms with Gasteiger partial charge in [0.1, 0.15) is 23.9 Å². The lowest BCUT2D eigenvalue weighted by atomic mass is 10.1. The summed E-state index contributed by atoms with van der Waals surface area (Å²) in [5.41, 5.74) is 1.27. The van der Waals surface area contributed by atoms with Crippen LogP contribution in [0.25, 0.3) is 0 Å². The Bertz CT molecular complexity index is 627. The van der Waals surface area contributed by atoms with Crippen LogP contribution in [0.2, 0.25) is 0 Å². The van der Waals surface area contributed by atoms with Gasteiger partial charge < -0.3 is 15.4 Å². The van der Waals surface area contributed by atoms with E-state index in [0.29, 0.717) is 12.4 Å². The van der Waals surface area contributed by atoms with Gasteiger partial charge in [-0.3, -0.25) is 4.79 Å². The summed E-state index contributed by atoms with van der Waals surface area (Å²) in [5, 5.41) is 5.76. The van der Waals surface area contributed by atoms with E-state index in [1.807, 2.05) is 24.3 Å². The summed E-state index contributed by atoms with van der Waals surface area (Å²) in [4.78, 5) is 20.3. The predicted octanol–water partition coefficient (Wildman–Crippen LogP) is 1.38. The molecule has 6 heteroatoms. The van der Waals surface area contributed by atoms with Crippen LogP contribution in [0.4, 0.5) is 5.82 Å². The molecule has 0 spiro atoms. The maximum atomic E-state index is 12.1. The first-order chi connectivity index (χ1) is 9.78. The highest BCUT2D eigenvalue weighted by Crippen LogP contribution is 2.31. The van der Waals surface area contributed by atoms with Crippen molar-refractivity contribution in [1.29, 1.82) is 0 Å². The number of benzene rings is 1. The molecule has 1 amide bonds. The molecule has 0 aliphatic carbocycles. The lowest BCUT2D eigenvalue weighted by Gasteiger charge is -2.11. The zero-order chi connectivity index (χ0) is 13.9. The molecule has 102 valence electrons. The van der Waals surface area contributed by atoms with Crippen molar-refractivity contribution in [1.82, 2.24) is 15.3 Å². The maximum Gasteiger partial charge on any atom is 0.272 e. The van der Waals surface area contributed by atoms with Crippen molar-refractivity contribution in [2.45, 2.75) is 6.04 Å². The number of rotatable bonds is 3. The number of carbonyl (C=O) groups is 1. The van der Waals surface area contributed by atoms with E-state index in [0.717, 1.165) is 11.3 Å². The van der Waals surface area contributed by atoms with E-state index >= 15 is 0 Å². The van der Waals surface area contributed by atoms with Crippen LogP contribution >= 0.6 is 0 Å². The van der Waals surface area contributed by atoms with Crippen molar-refractivity contribution in [3.8, 4) is 5.75 Å². The molecule has 20 heavy (non-hydrogen) atoms. The molecule has 0 saturated carbocycles. The molecule has 1 aromatic carbocycles. The molecule has 0 saturated heterocycles. The molecule has 1 atom stereocenters. The number of hydrogen-bond acceptors (Lipinski definition) is 5. The Morgan fingerprint density at radius 3 is 2.90 bits per heavy atom. The van der Waals surface area contributed by atoms with Crippen LogP contribution in [0.15, 0.2) is 36.7 Å². The van der Waals surface area contributed by atoms with E-state index in [4.69, 9.17) is 4.74 Å². The smallest absolute Gasteiger partial charge is 0.272 e. The fraction of sp³-hybridized carbons (Fsp3) is 0.214. The summed E-state index contributed by atoms with van der Waals surface area (Å²) in [6, 6.07) is 7.52. The van der Waals surface area contributed by atoms with Gasteiger partial charge in [-0.2, -0.15) is 0 Å². The first kappa shape index (κ1) is 12.4. The van der Waals surface area contributed by atoms with Gasteiger partial charge in [0.2, 0.25) is 0 Å². The molecule has 1 aliphatic heterocycles. The van der Waals surface area contributed by atoms with Crippen molar-refractivity contribution in [2.75, 3.05) is 19.0 Å². The van der Waals surface area contributed by atoms with Crippen molar-refractivity contribution in [2.24, 2.45) is 0 Å². The second-order valence-electron chi connectivity index (χ2n) is 4.41. The Morgan fingerprint density at radius 1 is 1.30 bits per heavy atom. The third kappa shape index (κ3) is 2.27. The van der Waals surface area contributed by atoms with Crippen molar-refractivity contribution >= 4 is 11.7 Å². The lowest BCUT2D eigenvalue weighted by molar-refractivity contribution is 0.0925. The molecule has 0 radical (unpaired) electrons. The van der Waals surface area contributed by atoms with E-state index in [1.165, 1.54) is 12.4 Å². The molecular weight excluding hydrogens is 256 g/mol. The van der Waals surface area contributed by atoms with Crippen LogP contribution in [0.5, 0.6) is 5.75 Å². The summed E-state index contributed by atoms with van der Waals surface area (Å²) in [6.45, 7) is 0.438. The van der Waals surface area contributed by atoms with Crippen LogP contribution in [-0.2, 0) is 0 Å². The standard InChI is InChI=1S/C14H14N4O2/c1-15-13-7-16-10(6-17-13)14(19)18-11-8-20-12-5-3-2-4-9(11)12/h2-7,11H,8H2,1H3,(H,15,17)(H,18,19). The number of fused-ring (bicyclic) bond motifs is 1. The van der Waals surface area contributed by atoms with Gasteiger partial charge in [0, 0.05) is 12.6 Å². The Labute approximate surface area is 116 Å². The monoisotopic (exact) mass is 270 g/mol. The van der Waals surface area contributed by atoms with Crippen LogP contribution < -0.4 is 15.4 Å². The van der Waals surface area contributed by atoms with E-state index in [-0.39, 0.29) is 17.6 Å². The van der Waals surface area contributed by atoms with Gasteiger partial charge in [0.25, 0.3) is 5.91 Å². The normalized spacial score (nSPS) is 16.1. The zero-order valence-corrected chi connectivity index (χ0v) is 11.0. The number of nitrogens with zero attached hydrogens (tertiary/aromatic N) is 2. The fourth-order valence-corrected chi connectivity index (χ4v) is 2.09. The number of ether oxygens (including phenoxy) is 1. The Balaban J connectivity index is 1.73. The molecule has 1 unspecified atom stereocenters. The van der Waals surface area contributed by atoms with Gasteiger partial charge in [-0.15, -0.1) is 0 Å². The summed E-state index contributed by atoms with van der Waals surface area (Å²) in [7, 11) is 1.75.